The van der Waals surface area contributed by atoms with Crippen LogP contribution in [0.1, 0.15) is 40.9 Å². The van der Waals surface area contributed by atoms with E-state index in [1.807, 2.05) is 42.3 Å². The van der Waals surface area contributed by atoms with E-state index in [4.69, 9.17) is 5.11 Å². The second kappa shape index (κ2) is 15.8. The Hall–Kier alpha value is -4.26. The number of ketones is 1. The fourth-order valence-electron chi connectivity index (χ4n) is 5.37. The number of pyridine rings is 1. The maximum Gasteiger partial charge on any atom is 0.255 e. The number of hydrogen-bond acceptors (Lipinski definition) is 7. The van der Waals surface area contributed by atoms with Crippen molar-refractivity contribution in [2.75, 3.05) is 19.0 Å². The lowest BCUT2D eigenvalue weighted by molar-refractivity contribution is -0.125. The quantitative estimate of drug-likeness (QED) is 0.133. The average Bonchev–Trinajstić information content (AvgIpc) is 3.43. The zero-order valence-electron chi connectivity index (χ0n) is 26.6. The SMILES string of the molecule is CC(C)C(=O)c1cn(Cc2c(F)cccc2F)c2sc(-c3ccc(NC(=O)C(O)CO)cc3)c(CN(C)Cc3ccccc3)c2c1=O.Cl. The number of hydrogen-bond donors (Lipinski definition) is 3. The van der Waals surface area contributed by atoms with E-state index in [0.29, 0.717) is 45.0 Å². The molecular formula is C36H36ClF2N3O5S. The van der Waals surface area contributed by atoms with Gasteiger partial charge in [-0.15, -0.1) is 23.7 Å². The smallest absolute Gasteiger partial charge is 0.255 e. The highest BCUT2D eigenvalue weighted by Gasteiger charge is 2.26. The molecule has 5 aromatic rings. The lowest BCUT2D eigenvalue weighted by atomic mass is 9.99. The van der Waals surface area contributed by atoms with Crippen LogP contribution in [-0.4, -0.2) is 51.1 Å². The number of halogens is 3. The molecule has 0 spiro atoms. The lowest BCUT2D eigenvalue weighted by Gasteiger charge is -2.18. The Labute approximate surface area is 286 Å². The van der Waals surface area contributed by atoms with Crippen molar-refractivity contribution in [1.29, 1.82) is 0 Å². The van der Waals surface area contributed by atoms with E-state index in [1.165, 1.54) is 35.7 Å². The van der Waals surface area contributed by atoms with Crippen LogP contribution >= 0.6 is 23.7 Å². The van der Waals surface area contributed by atoms with E-state index in [1.54, 1.807) is 42.7 Å². The number of anilines is 1. The molecule has 48 heavy (non-hydrogen) atoms. The van der Waals surface area contributed by atoms with Crippen LogP contribution in [0.3, 0.4) is 0 Å². The Morgan fingerprint density at radius 2 is 1.58 bits per heavy atom. The summed E-state index contributed by atoms with van der Waals surface area (Å²) in [6.07, 6.45) is -0.168. The monoisotopic (exact) mass is 695 g/mol. The van der Waals surface area contributed by atoms with Crippen LogP contribution in [0.5, 0.6) is 0 Å². The Bertz CT molecular complexity index is 1960. The van der Waals surface area contributed by atoms with Crippen molar-refractivity contribution in [3.63, 3.8) is 0 Å². The van der Waals surface area contributed by atoms with Crippen molar-refractivity contribution in [3.05, 3.63) is 123 Å². The summed E-state index contributed by atoms with van der Waals surface area (Å²) in [5.74, 6) is -3.10. The minimum atomic E-state index is -1.57. The third kappa shape index (κ3) is 7.88. The van der Waals surface area contributed by atoms with E-state index in [0.717, 1.165) is 5.56 Å². The number of carbonyl (C=O) groups is 2. The normalized spacial score (nSPS) is 11.9. The molecule has 1 atom stereocenters. The van der Waals surface area contributed by atoms with Crippen molar-refractivity contribution in [2.45, 2.75) is 39.6 Å². The Kier molecular flexibility index (Phi) is 12.0. The van der Waals surface area contributed by atoms with Crippen LogP contribution in [0.15, 0.2) is 83.8 Å². The first-order chi connectivity index (χ1) is 22.5. The molecule has 0 aliphatic rings. The molecule has 2 heterocycles. The van der Waals surface area contributed by atoms with Gasteiger partial charge in [0, 0.05) is 41.3 Å². The zero-order valence-corrected chi connectivity index (χ0v) is 28.2. The summed E-state index contributed by atoms with van der Waals surface area (Å²) in [6.45, 7) is 3.30. The van der Waals surface area contributed by atoms with Crippen molar-refractivity contribution < 1.29 is 28.6 Å². The Balaban J connectivity index is 0.00000520. The highest BCUT2D eigenvalue weighted by molar-refractivity contribution is 7.22. The van der Waals surface area contributed by atoms with E-state index in [2.05, 4.69) is 5.32 Å². The largest absolute Gasteiger partial charge is 0.393 e. The number of fused-ring (bicyclic) bond motifs is 1. The molecule has 2 aromatic heterocycles. The number of nitrogens with zero attached hydrogens (tertiary/aromatic N) is 2. The van der Waals surface area contributed by atoms with Gasteiger partial charge in [-0.25, -0.2) is 8.78 Å². The van der Waals surface area contributed by atoms with Crippen LogP contribution in [0.2, 0.25) is 0 Å². The van der Waals surface area contributed by atoms with Gasteiger partial charge in [0.25, 0.3) is 5.91 Å². The number of rotatable bonds is 12. The molecular weight excluding hydrogens is 660 g/mol. The van der Waals surface area contributed by atoms with Crippen molar-refractivity contribution in [2.24, 2.45) is 5.92 Å². The summed E-state index contributed by atoms with van der Waals surface area (Å²) in [5, 5.41) is 21.6. The maximum absolute atomic E-state index is 14.9. The van der Waals surface area contributed by atoms with Gasteiger partial charge < -0.3 is 20.1 Å². The predicted octanol–water partition coefficient (Wildman–Crippen LogP) is 6.24. The summed E-state index contributed by atoms with van der Waals surface area (Å²) in [5.41, 5.74) is 2.11. The predicted molar refractivity (Wildman–Crippen MR) is 187 cm³/mol. The van der Waals surface area contributed by atoms with Crippen LogP contribution in [0, 0.1) is 17.6 Å². The fraction of sp³-hybridized carbons (Fsp3) is 0.250. The van der Waals surface area contributed by atoms with Crippen LogP contribution in [0.25, 0.3) is 20.7 Å². The molecule has 0 saturated heterocycles. The Morgan fingerprint density at radius 3 is 2.19 bits per heavy atom. The molecule has 1 unspecified atom stereocenters. The molecule has 3 N–H and O–H groups in total. The maximum atomic E-state index is 14.9. The standard InChI is InChI=1S/C36H35F2N3O5S.ClH/c1-21(2)32(44)27-19-41(18-25-28(37)10-7-11-29(25)38)36-31(33(27)45)26(17-40(3)16-22-8-5-4-6-9-22)34(47-36)23-12-14-24(15-13-23)39-35(46)30(43)20-42;/h4-15,19,21,30,42-43H,16-18,20H2,1-3H3,(H,39,46);1H. The van der Waals surface area contributed by atoms with E-state index in [-0.39, 0.29) is 35.9 Å². The second-order valence-electron chi connectivity index (χ2n) is 11.7. The number of amides is 1. The summed E-state index contributed by atoms with van der Waals surface area (Å²) in [6, 6.07) is 20.2. The van der Waals surface area contributed by atoms with Crippen LogP contribution in [0.4, 0.5) is 14.5 Å². The summed E-state index contributed by atoms with van der Waals surface area (Å²) >= 11 is 1.27. The van der Waals surface area contributed by atoms with Crippen LogP contribution in [-0.2, 0) is 24.4 Å². The first-order valence-corrected chi connectivity index (χ1v) is 15.9. The number of aromatic nitrogens is 1. The topological polar surface area (TPSA) is 112 Å². The molecule has 0 radical (unpaired) electrons. The summed E-state index contributed by atoms with van der Waals surface area (Å²) in [7, 11) is 1.92. The van der Waals surface area contributed by atoms with Gasteiger partial charge in [0.1, 0.15) is 16.5 Å². The molecule has 0 bridgehead atoms. The van der Waals surface area contributed by atoms with Gasteiger partial charge in [-0.1, -0.05) is 62.4 Å². The number of benzene rings is 3. The molecule has 0 aliphatic carbocycles. The highest BCUT2D eigenvalue weighted by atomic mass is 35.5. The first-order valence-electron chi connectivity index (χ1n) is 15.1. The zero-order chi connectivity index (χ0) is 33.8. The summed E-state index contributed by atoms with van der Waals surface area (Å²) < 4.78 is 31.4. The van der Waals surface area contributed by atoms with Gasteiger partial charge in [-0.2, -0.15) is 0 Å². The lowest BCUT2D eigenvalue weighted by Crippen LogP contribution is -2.30. The minimum absolute atomic E-state index is 0. The molecule has 0 saturated carbocycles. The van der Waals surface area contributed by atoms with Gasteiger partial charge >= 0.3 is 0 Å². The average molecular weight is 696 g/mol. The molecule has 0 fully saturated rings. The number of aliphatic hydroxyl groups excluding tert-OH is 2. The number of thiophene rings is 1. The third-order valence-corrected chi connectivity index (χ3v) is 9.12. The molecule has 8 nitrogen and oxygen atoms in total. The van der Waals surface area contributed by atoms with Gasteiger partial charge in [0.05, 0.1) is 24.1 Å². The van der Waals surface area contributed by atoms with Crippen molar-refractivity contribution >= 4 is 51.3 Å². The summed E-state index contributed by atoms with van der Waals surface area (Å²) in [4.78, 5) is 42.9. The first kappa shape index (κ1) is 36.6. The Morgan fingerprint density at radius 1 is 0.938 bits per heavy atom. The third-order valence-electron chi connectivity index (χ3n) is 7.80. The molecule has 12 heteroatoms. The molecule has 3 aromatic carbocycles. The number of carbonyl (C=O) groups excluding carboxylic acids is 2. The van der Waals surface area contributed by atoms with Gasteiger partial charge in [0.15, 0.2) is 11.9 Å². The number of Topliss-reactive ketones (excluding diaryl/α,β-unsaturated/α-hetero) is 1. The van der Waals surface area contributed by atoms with Gasteiger partial charge in [-0.05, 0) is 48.0 Å². The van der Waals surface area contributed by atoms with E-state index in [9.17, 15) is 28.3 Å². The number of nitrogens with one attached hydrogen (secondary N) is 1. The molecule has 1 amide bonds. The van der Waals surface area contributed by atoms with Gasteiger partial charge in [0.2, 0.25) is 5.43 Å². The second-order valence-corrected chi connectivity index (χ2v) is 12.7. The molecule has 252 valence electrons. The fourth-order valence-corrected chi connectivity index (χ4v) is 6.66. The van der Waals surface area contributed by atoms with E-state index >= 15 is 0 Å². The van der Waals surface area contributed by atoms with Crippen molar-refractivity contribution in [3.8, 4) is 10.4 Å². The van der Waals surface area contributed by atoms with Crippen LogP contribution < -0.4 is 10.7 Å². The van der Waals surface area contributed by atoms with E-state index < -0.39 is 41.6 Å². The minimum Gasteiger partial charge on any atom is -0.393 e. The molecule has 5 rings (SSSR count). The molecule has 0 aliphatic heterocycles. The number of aliphatic hydroxyl groups is 2. The van der Waals surface area contributed by atoms with Crippen molar-refractivity contribution in [1.82, 2.24) is 9.47 Å². The van der Waals surface area contributed by atoms with Gasteiger partial charge in [-0.3, -0.25) is 19.3 Å². The highest BCUT2D eigenvalue weighted by Crippen LogP contribution is 2.39.